The van der Waals surface area contributed by atoms with Crippen LogP contribution in [-0.4, -0.2) is 28.4 Å². The fraction of sp³-hybridized carbons (Fsp3) is 0.571. The summed E-state index contributed by atoms with van der Waals surface area (Å²) < 4.78 is 0. The van der Waals surface area contributed by atoms with Gasteiger partial charge in [0.05, 0.1) is 12.0 Å². The van der Waals surface area contributed by atoms with Gasteiger partial charge in [-0.2, -0.15) is 0 Å². The fourth-order valence-electron chi connectivity index (χ4n) is 2.68. The Hall–Kier alpha value is -1.36. The summed E-state index contributed by atoms with van der Waals surface area (Å²) in [5, 5.41) is 9.40. The van der Waals surface area contributed by atoms with Gasteiger partial charge < -0.3 is 10.0 Å². The van der Waals surface area contributed by atoms with Crippen molar-refractivity contribution >= 4 is 23.2 Å². The van der Waals surface area contributed by atoms with E-state index in [9.17, 15) is 14.7 Å². The second-order valence-electron chi connectivity index (χ2n) is 4.77. The van der Waals surface area contributed by atoms with Gasteiger partial charge in [0.1, 0.15) is 0 Å². The number of amides is 1. The maximum absolute atomic E-state index is 12.0. The normalized spacial score (nSPS) is 23.7. The molecule has 2 heterocycles. The molecule has 0 bridgehead atoms. The second kappa shape index (κ2) is 5.74. The van der Waals surface area contributed by atoms with Gasteiger partial charge in [-0.3, -0.25) is 9.59 Å². The molecule has 0 aromatic carbocycles. The smallest absolute Gasteiger partial charge is 0.308 e. The summed E-state index contributed by atoms with van der Waals surface area (Å²) in [5.74, 6) is -1.22. The molecule has 0 aliphatic carbocycles. The van der Waals surface area contributed by atoms with E-state index in [0.717, 1.165) is 11.3 Å². The molecule has 1 aromatic heterocycles. The summed E-state index contributed by atoms with van der Waals surface area (Å²) in [6.45, 7) is 4.55. The van der Waals surface area contributed by atoms with Gasteiger partial charge in [0, 0.05) is 22.7 Å². The predicted molar refractivity (Wildman–Crippen MR) is 74.2 cm³/mol. The molecule has 1 aromatic rings. The second-order valence-corrected chi connectivity index (χ2v) is 5.97. The SMILES string of the molecule is CCc1ccc(C2C(C(=O)O)CCC(=O)N2CC)s1. The highest BCUT2D eigenvalue weighted by molar-refractivity contribution is 7.12. The molecule has 1 aliphatic heterocycles. The third-order valence-corrected chi connectivity index (χ3v) is 4.99. The molecule has 2 rings (SSSR count). The molecule has 2 unspecified atom stereocenters. The number of hydrogen-bond acceptors (Lipinski definition) is 3. The summed E-state index contributed by atoms with van der Waals surface area (Å²) in [5.41, 5.74) is 0. The van der Waals surface area contributed by atoms with Crippen LogP contribution in [0, 0.1) is 5.92 Å². The molecule has 0 spiro atoms. The minimum atomic E-state index is -0.803. The van der Waals surface area contributed by atoms with E-state index in [4.69, 9.17) is 0 Å². The van der Waals surface area contributed by atoms with Gasteiger partial charge >= 0.3 is 5.97 Å². The lowest BCUT2D eigenvalue weighted by atomic mass is 9.87. The first kappa shape index (κ1) is 14.1. The molecule has 1 N–H and O–H groups in total. The van der Waals surface area contributed by atoms with Crippen molar-refractivity contribution in [2.75, 3.05) is 6.54 Å². The standard InChI is InChI=1S/C14H19NO3S/c1-3-9-5-7-11(19-9)13-10(14(17)18)6-8-12(16)15(13)4-2/h5,7,10,13H,3-4,6,8H2,1-2H3,(H,17,18). The average Bonchev–Trinajstić information content (AvgIpc) is 2.86. The van der Waals surface area contributed by atoms with Gasteiger partial charge in [0.25, 0.3) is 0 Å². The number of carboxylic acids is 1. The largest absolute Gasteiger partial charge is 0.481 e. The lowest BCUT2D eigenvalue weighted by Gasteiger charge is -2.38. The van der Waals surface area contributed by atoms with Gasteiger partial charge in [-0.05, 0) is 31.9 Å². The predicted octanol–water partition coefficient (Wildman–Crippen LogP) is 2.69. The number of aryl methyl sites for hydroxylation is 1. The number of nitrogens with zero attached hydrogens (tertiary/aromatic N) is 1. The first-order valence-electron chi connectivity index (χ1n) is 6.69. The van der Waals surface area contributed by atoms with Crippen LogP contribution >= 0.6 is 11.3 Å². The van der Waals surface area contributed by atoms with Gasteiger partial charge in [-0.15, -0.1) is 11.3 Å². The number of thiophene rings is 1. The van der Waals surface area contributed by atoms with E-state index < -0.39 is 11.9 Å². The molecule has 0 radical (unpaired) electrons. The quantitative estimate of drug-likeness (QED) is 0.923. The zero-order valence-corrected chi connectivity index (χ0v) is 12.1. The molecule has 5 heteroatoms. The Morgan fingerprint density at radius 3 is 2.74 bits per heavy atom. The Labute approximate surface area is 117 Å². The summed E-state index contributed by atoms with van der Waals surface area (Å²) in [6, 6.07) is 3.71. The summed E-state index contributed by atoms with van der Waals surface area (Å²) in [7, 11) is 0. The summed E-state index contributed by atoms with van der Waals surface area (Å²) >= 11 is 1.62. The Morgan fingerprint density at radius 2 is 2.21 bits per heavy atom. The van der Waals surface area contributed by atoms with E-state index in [-0.39, 0.29) is 11.9 Å². The van der Waals surface area contributed by atoms with E-state index in [2.05, 4.69) is 6.92 Å². The lowest BCUT2D eigenvalue weighted by Crippen LogP contribution is -2.44. The van der Waals surface area contributed by atoms with Crippen molar-refractivity contribution in [3.63, 3.8) is 0 Å². The number of carbonyl (C=O) groups is 2. The summed E-state index contributed by atoms with van der Waals surface area (Å²) in [6.07, 6.45) is 1.72. The van der Waals surface area contributed by atoms with Crippen LogP contribution in [0.2, 0.25) is 0 Å². The molecule has 2 atom stereocenters. The van der Waals surface area contributed by atoms with Gasteiger partial charge in [0.15, 0.2) is 0 Å². The molecular weight excluding hydrogens is 262 g/mol. The van der Waals surface area contributed by atoms with Crippen LogP contribution in [-0.2, 0) is 16.0 Å². The van der Waals surface area contributed by atoms with Crippen LogP contribution in [0.5, 0.6) is 0 Å². The van der Waals surface area contributed by atoms with E-state index in [1.807, 2.05) is 19.1 Å². The molecule has 19 heavy (non-hydrogen) atoms. The number of likely N-dealkylation sites (tertiary alicyclic amines) is 1. The van der Waals surface area contributed by atoms with Crippen LogP contribution < -0.4 is 0 Å². The number of aliphatic carboxylic acids is 1. The fourth-order valence-corrected chi connectivity index (χ4v) is 3.81. The highest BCUT2D eigenvalue weighted by Crippen LogP contribution is 2.39. The number of piperidine rings is 1. The molecule has 4 nitrogen and oxygen atoms in total. The first-order valence-corrected chi connectivity index (χ1v) is 7.51. The Morgan fingerprint density at radius 1 is 1.47 bits per heavy atom. The molecule has 1 fully saturated rings. The van der Waals surface area contributed by atoms with Gasteiger partial charge in [-0.25, -0.2) is 0 Å². The zero-order chi connectivity index (χ0) is 14.0. The molecule has 1 aliphatic rings. The highest BCUT2D eigenvalue weighted by Gasteiger charge is 2.40. The molecule has 0 saturated carbocycles. The maximum atomic E-state index is 12.0. The van der Waals surface area contributed by atoms with Crippen LogP contribution in [0.25, 0.3) is 0 Å². The highest BCUT2D eigenvalue weighted by atomic mass is 32.1. The van der Waals surface area contributed by atoms with Crippen molar-refractivity contribution in [3.05, 3.63) is 21.9 Å². The Bertz CT molecular complexity index is 481. The number of hydrogen-bond donors (Lipinski definition) is 1. The van der Waals surface area contributed by atoms with Gasteiger partial charge in [0.2, 0.25) is 5.91 Å². The van der Waals surface area contributed by atoms with Crippen molar-refractivity contribution in [1.82, 2.24) is 4.90 Å². The van der Waals surface area contributed by atoms with Crippen LogP contribution in [0.15, 0.2) is 12.1 Å². The molecule has 104 valence electrons. The number of carbonyl (C=O) groups excluding carboxylic acids is 1. The van der Waals surface area contributed by atoms with Crippen LogP contribution in [0.4, 0.5) is 0 Å². The van der Waals surface area contributed by atoms with E-state index >= 15 is 0 Å². The Balaban J connectivity index is 2.37. The zero-order valence-electron chi connectivity index (χ0n) is 11.3. The minimum absolute atomic E-state index is 0.0662. The average molecular weight is 281 g/mol. The molecule has 1 saturated heterocycles. The minimum Gasteiger partial charge on any atom is -0.481 e. The van der Waals surface area contributed by atoms with Crippen molar-refractivity contribution < 1.29 is 14.7 Å². The van der Waals surface area contributed by atoms with E-state index in [1.54, 1.807) is 16.2 Å². The summed E-state index contributed by atoms with van der Waals surface area (Å²) in [4.78, 5) is 27.4. The third-order valence-electron chi connectivity index (χ3n) is 3.69. The van der Waals surface area contributed by atoms with Crippen LogP contribution in [0.3, 0.4) is 0 Å². The van der Waals surface area contributed by atoms with Crippen molar-refractivity contribution in [1.29, 1.82) is 0 Å². The number of rotatable bonds is 4. The first-order chi connectivity index (χ1) is 9.08. The van der Waals surface area contributed by atoms with E-state index in [0.29, 0.717) is 19.4 Å². The lowest BCUT2D eigenvalue weighted by molar-refractivity contribution is -0.151. The van der Waals surface area contributed by atoms with Crippen molar-refractivity contribution in [2.24, 2.45) is 5.92 Å². The van der Waals surface area contributed by atoms with Gasteiger partial charge in [-0.1, -0.05) is 6.92 Å². The topological polar surface area (TPSA) is 57.6 Å². The van der Waals surface area contributed by atoms with Crippen molar-refractivity contribution in [2.45, 2.75) is 39.2 Å². The third kappa shape index (κ3) is 2.66. The van der Waals surface area contributed by atoms with Crippen LogP contribution in [0.1, 0.15) is 42.5 Å². The monoisotopic (exact) mass is 281 g/mol. The maximum Gasteiger partial charge on any atom is 0.308 e. The van der Waals surface area contributed by atoms with Crippen molar-refractivity contribution in [3.8, 4) is 0 Å². The van der Waals surface area contributed by atoms with E-state index in [1.165, 1.54) is 4.88 Å². The molecular formula is C14H19NO3S. The number of carboxylic acid groups (broad SMARTS) is 1. The molecule has 1 amide bonds. The Kier molecular flexibility index (Phi) is 4.24.